The van der Waals surface area contributed by atoms with E-state index >= 15 is 0 Å². The average Bonchev–Trinajstić information content (AvgIpc) is 3.52. The van der Waals surface area contributed by atoms with Gasteiger partial charge in [0, 0.05) is 51.1 Å². The molecule has 0 radical (unpaired) electrons. The average molecular weight is 521 g/mol. The summed E-state index contributed by atoms with van der Waals surface area (Å²) in [6, 6.07) is 3.50. The molecule has 0 N–H and O–H groups in total. The smallest absolute Gasteiger partial charge is 0.408 e. The largest absolute Gasteiger partial charge is 0.593 e. The monoisotopic (exact) mass is 520 g/mol. The van der Waals surface area contributed by atoms with Gasteiger partial charge in [0.1, 0.15) is 12.1 Å². The maximum atomic E-state index is 13.7. The van der Waals surface area contributed by atoms with Crippen LogP contribution in [0, 0.1) is 6.92 Å². The van der Waals surface area contributed by atoms with Crippen molar-refractivity contribution in [3.63, 3.8) is 0 Å². The molecular weight excluding hydrogens is 497 g/mol. The Morgan fingerprint density at radius 1 is 1.25 bits per heavy atom. The predicted octanol–water partition coefficient (Wildman–Crippen LogP) is 3.07. The molecule has 2 atom stereocenters. The molecule has 5 heterocycles. The lowest BCUT2D eigenvalue weighted by Gasteiger charge is -2.32. The van der Waals surface area contributed by atoms with Crippen molar-refractivity contribution in [1.29, 1.82) is 0 Å². The molecule has 0 aliphatic carbocycles. The zero-order chi connectivity index (χ0) is 25.8. The van der Waals surface area contributed by atoms with Crippen molar-refractivity contribution >= 4 is 23.0 Å². The Kier molecular flexibility index (Phi) is 6.06. The predicted molar refractivity (Wildman–Crippen MR) is 125 cm³/mol. The van der Waals surface area contributed by atoms with Gasteiger partial charge in [-0.05, 0) is 18.6 Å². The van der Waals surface area contributed by atoms with E-state index in [1.165, 1.54) is 23.5 Å². The molecule has 1 spiro atoms. The molecule has 1 saturated heterocycles. The van der Waals surface area contributed by atoms with Gasteiger partial charge >= 0.3 is 6.18 Å². The number of nitrogens with zero attached hydrogens (tertiary/aromatic N) is 6. The first-order valence-electron chi connectivity index (χ1n) is 11.1. The van der Waals surface area contributed by atoms with Gasteiger partial charge in [-0.1, -0.05) is 0 Å². The van der Waals surface area contributed by atoms with Crippen LogP contribution in [0.15, 0.2) is 41.8 Å². The molecule has 36 heavy (non-hydrogen) atoms. The van der Waals surface area contributed by atoms with Crippen LogP contribution in [-0.4, -0.2) is 68.0 Å². The number of carbonyl (C=O) groups excluding carboxylic acids is 1. The fourth-order valence-corrected chi connectivity index (χ4v) is 5.52. The first-order chi connectivity index (χ1) is 17.0. The van der Waals surface area contributed by atoms with E-state index < -0.39 is 29.6 Å². The number of pyridine rings is 2. The van der Waals surface area contributed by atoms with Crippen LogP contribution >= 0.6 is 0 Å². The third-order valence-corrected chi connectivity index (χ3v) is 7.55. The van der Waals surface area contributed by atoms with Crippen molar-refractivity contribution in [3.8, 4) is 11.3 Å². The number of amides is 1. The summed E-state index contributed by atoms with van der Waals surface area (Å²) in [6.45, 7) is 1.04. The lowest BCUT2D eigenvalue weighted by molar-refractivity contribution is -0.142. The summed E-state index contributed by atoms with van der Waals surface area (Å²) in [5.74, 6) is -0.362. The molecule has 13 heteroatoms. The zero-order valence-corrected chi connectivity index (χ0v) is 20.6. The second-order valence-corrected chi connectivity index (χ2v) is 10.7. The molecule has 1 fully saturated rings. The number of hydrogen-bond donors (Lipinski definition) is 0. The molecule has 0 saturated carbocycles. The minimum atomic E-state index is -4.44. The molecular formula is C23H23F3N6O3S. The lowest BCUT2D eigenvalue weighted by atomic mass is 9.91. The van der Waals surface area contributed by atoms with Crippen molar-refractivity contribution < 1.29 is 27.3 Å². The van der Waals surface area contributed by atoms with Gasteiger partial charge in [0.05, 0.1) is 53.0 Å². The Bertz CT molecular complexity index is 1320. The van der Waals surface area contributed by atoms with Crippen molar-refractivity contribution in [2.24, 2.45) is 0 Å². The molecule has 0 bridgehead atoms. The number of halogens is 3. The Balaban J connectivity index is 1.59. The van der Waals surface area contributed by atoms with Gasteiger partial charge in [-0.25, -0.2) is 4.98 Å². The van der Waals surface area contributed by atoms with Crippen LogP contribution in [0.5, 0.6) is 0 Å². The second kappa shape index (κ2) is 8.83. The van der Waals surface area contributed by atoms with Gasteiger partial charge in [0.2, 0.25) is 0 Å². The highest BCUT2D eigenvalue weighted by molar-refractivity contribution is 7.89. The SMILES string of the molecule is Cc1cc(-c2cncc([S+]([O-])N(C)C)c2)nc2c1C(=O)N(c1cnn(CC(F)(F)F)c1)C21CCOC1. The summed E-state index contributed by atoms with van der Waals surface area (Å²) in [6.07, 6.45) is 1.59. The van der Waals surface area contributed by atoms with E-state index in [0.717, 1.165) is 4.68 Å². The maximum Gasteiger partial charge on any atom is 0.408 e. The van der Waals surface area contributed by atoms with Crippen LogP contribution in [-0.2, 0) is 28.2 Å². The number of aromatic nitrogens is 4. The van der Waals surface area contributed by atoms with E-state index in [-0.39, 0.29) is 18.2 Å². The molecule has 5 rings (SSSR count). The van der Waals surface area contributed by atoms with Crippen LogP contribution < -0.4 is 4.90 Å². The first kappa shape index (κ1) is 24.7. The quantitative estimate of drug-likeness (QED) is 0.477. The Labute approximate surface area is 208 Å². The Morgan fingerprint density at radius 3 is 2.69 bits per heavy atom. The van der Waals surface area contributed by atoms with E-state index in [1.54, 1.807) is 43.7 Å². The van der Waals surface area contributed by atoms with E-state index in [9.17, 15) is 22.5 Å². The molecule has 9 nitrogen and oxygen atoms in total. The summed E-state index contributed by atoms with van der Waals surface area (Å²) < 4.78 is 59.3. The molecule has 1 amide bonds. The summed E-state index contributed by atoms with van der Waals surface area (Å²) in [7, 11) is 3.39. The van der Waals surface area contributed by atoms with E-state index in [4.69, 9.17) is 9.72 Å². The Hall–Kier alpha value is -3.00. The molecule has 2 aliphatic heterocycles. The summed E-state index contributed by atoms with van der Waals surface area (Å²) in [4.78, 5) is 24.7. The number of aryl methyl sites for hydroxylation is 1. The summed E-state index contributed by atoms with van der Waals surface area (Å²) >= 11 is -1.40. The molecule has 2 unspecified atom stereocenters. The van der Waals surface area contributed by atoms with Gasteiger partial charge in [0.25, 0.3) is 5.91 Å². The molecule has 3 aromatic heterocycles. The van der Waals surface area contributed by atoms with E-state index in [2.05, 4.69) is 10.1 Å². The van der Waals surface area contributed by atoms with Crippen LogP contribution in [0.4, 0.5) is 18.9 Å². The number of anilines is 1. The fraction of sp³-hybridized carbons (Fsp3) is 0.391. The number of fused-ring (bicyclic) bond motifs is 2. The van der Waals surface area contributed by atoms with Gasteiger partial charge in [-0.15, -0.1) is 4.31 Å². The van der Waals surface area contributed by atoms with Gasteiger partial charge < -0.3 is 9.29 Å². The number of hydrogen-bond acceptors (Lipinski definition) is 7. The van der Waals surface area contributed by atoms with Crippen molar-refractivity contribution in [3.05, 3.63) is 53.7 Å². The topological polar surface area (TPSA) is 99.4 Å². The molecule has 3 aromatic rings. The normalized spacial score (nSPS) is 20.6. The van der Waals surface area contributed by atoms with Crippen molar-refractivity contribution in [2.45, 2.75) is 36.5 Å². The lowest BCUT2D eigenvalue weighted by Crippen LogP contribution is -2.45. The number of carbonyl (C=O) groups is 1. The van der Waals surface area contributed by atoms with E-state index in [0.29, 0.717) is 46.0 Å². The fourth-order valence-electron chi connectivity index (χ4n) is 4.72. The maximum absolute atomic E-state index is 13.7. The van der Waals surface area contributed by atoms with E-state index in [1.807, 2.05) is 0 Å². The Morgan fingerprint density at radius 2 is 2.03 bits per heavy atom. The van der Waals surface area contributed by atoms with Gasteiger partial charge in [0.15, 0.2) is 4.90 Å². The highest BCUT2D eigenvalue weighted by atomic mass is 32.2. The standard InChI is InChI=1S/C23H23F3N6O3S/c1-14-6-18(15-7-17(10-27-8-15)36(34)30(2)3)29-20-19(14)21(33)32(22(20)4-5-35-13-22)16-9-28-31(11-16)12-23(24,25)26/h6-11H,4-5,12-13H2,1-3H3. The molecule has 0 aromatic carbocycles. The number of rotatable bonds is 5. The zero-order valence-electron chi connectivity index (χ0n) is 19.7. The first-order valence-corrected chi connectivity index (χ1v) is 12.2. The van der Waals surface area contributed by atoms with Crippen molar-refractivity contribution in [2.75, 3.05) is 32.2 Å². The number of alkyl halides is 3. The summed E-state index contributed by atoms with van der Waals surface area (Å²) in [5, 5.41) is 3.83. The summed E-state index contributed by atoms with van der Waals surface area (Å²) in [5.41, 5.74) is 2.01. The molecule has 190 valence electrons. The minimum Gasteiger partial charge on any atom is -0.593 e. The van der Waals surface area contributed by atoms with Crippen LogP contribution in [0.1, 0.15) is 28.0 Å². The van der Waals surface area contributed by atoms with Crippen molar-refractivity contribution in [1.82, 2.24) is 24.1 Å². The third-order valence-electron chi connectivity index (χ3n) is 6.26. The molecule has 2 aliphatic rings. The second-order valence-electron chi connectivity index (χ2n) is 9.00. The van der Waals surface area contributed by atoms with Gasteiger partial charge in [-0.3, -0.25) is 19.4 Å². The van der Waals surface area contributed by atoms with Crippen LogP contribution in [0.25, 0.3) is 11.3 Å². The van der Waals surface area contributed by atoms with Gasteiger partial charge in [-0.2, -0.15) is 18.3 Å². The van der Waals surface area contributed by atoms with Crippen LogP contribution in [0.2, 0.25) is 0 Å². The van der Waals surface area contributed by atoms with Crippen LogP contribution in [0.3, 0.4) is 0 Å². The number of ether oxygens (including phenoxy) is 1. The highest BCUT2D eigenvalue weighted by Crippen LogP contribution is 2.48. The minimum absolute atomic E-state index is 0.148. The third kappa shape index (κ3) is 4.15. The highest BCUT2D eigenvalue weighted by Gasteiger charge is 2.55.